The van der Waals surface area contributed by atoms with Gasteiger partial charge in [-0.05, 0) is 19.1 Å². The minimum atomic E-state index is -3.88. The standard InChI is InChI=1S/C13H19Cl2N3O3S/c1-9(8-16)18(2)12(19)6-7-17-22(20,21)13-10(14)4-3-5-11(13)15/h3-5,9,17H,6-8,16H2,1-2H3. The normalized spacial score (nSPS) is 13.0. The van der Waals surface area contributed by atoms with Crippen molar-refractivity contribution in [1.29, 1.82) is 0 Å². The molecule has 1 unspecified atom stereocenters. The quantitative estimate of drug-likeness (QED) is 0.762. The van der Waals surface area contributed by atoms with Crippen molar-refractivity contribution in [2.24, 2.45) is 5.73 Å². The van der Waals surface area contributed by atoms with Gasteiger partial charge in [0, 0.05) is 32.6 Å². The van der Waals surface area contributed by atoms with E-state index in [9.17, 15) is 13.2 Å². The van der Waals surface area contributed by atoms with Crippen molar-refractivity contribution in [3.05, 3.63) is 28.2 Å². The summed E-state index contributed by atoms with van der Waals surface area (Å²) in [6.45, 7) is 2.10. The van der Waals surface area contributed by atoms with Crippen molar-refractivity contribution in [3.8, 4) is 0 Å². The molecule has 0 radical (unpaired) electrons. The van der Waals surface area contributed by atoms with E-state index in [2.05, 4.69) is 4.72 Å². The Balaban J connectivity index is 2.70. The first kappa shape index (κ1) is 19.2. The van der Waals surface area contributed by atoms with Gasteiger partial charge in [-0.15, -0.1) is 0 Å². The summed E-state index contributed by atoms with van der Waals surface area (Å²) in [7, 11) is -2.25. The minimum Gasteiger partial charge on any atom is -0.342 e. The molecular formula is C13H19Cl2N3O3S. The summed E-state index contributed by atoms with van der Waals surface area (Å²) in [5, 5.41) is 0.0559. The lowest BCUT2D eigenvalue weighted by Gasteiger charge is -2.23. The lowest BCUT2D eigenvalue weighted by atomic mass is 10.2. The van der Waals surface area contributed by atoms with Crippen LogP contribution in [0.15, 0.2) is 23.1 Å². The van der Waals surface area contributed by atoms with Crippen LogP contribution in [0.3, 0.4) is 0 Å². The van der Waals surface area contributed by atoms with E-state index >= 15 is 0 Å². The van der Waals surface area contributed by atoms with Crippen LogP contribution < -0.4 is 10.5 Å². The number of halogens is 2. The summed E-state index contributed by atoms with van der Waals surface area (Å²) in [5.74, 6) is -0.203. The molecule has 1 aromatic rings. The van der Waals surface area contributed by atoms with Crippen molar-refractivity contribution in [3.63, 3.8) is 0 Å². The van der Waals surface area contributed by atoms with E-state index in [4.69, 9.17) is 28.9 Å². The van der Waals surface area contributed by atoms with Crippen LogP contribution in [0.1, 0.15) is 13.3 Å². The molecule has 0 aliphatic heterocycles. The molecule has 0 heterocycles. The number of nitrogens with one attached hydrogen (secondary N) is 1. The van der Waals surface area contributed by atoms with Crippen LogP contribution in [0.5, 0.6) is 0 Å². The highest BCUT2D eigenvalue weighted by molar-refractivity contribution is 7.89. The van der Waals surface area contributed by atoms with Crippen LogP contribution in [0.25, 0.3) is 0 Å². The van der Waals surface area contributed by atoms with Gasteiger partial charge in [0.05, 0.1) is 10.0 Å². The number of hydrogen-bond acceptors (Lipinski definition) is 4. The van der Waals surface area contributed by atoms with E-state index < -0.39 is 10.0 Å². The van der Waals surface area contributed by atoms with Crippen molar-refractivity contribution in [1.82, 2.24) is 9.62 Å². The molecule has 0 bridgehead atoms. The van der Waals surface area contributed by atoms with Crippen LogP contribution in [-0.2, 0) is 14.8 Å². The predicted octanol–water partition coefficient (Wildman–Crippen LogP) is 1.47. The van der Waals surface area contributed by atoms with E-state index in [1.807, 2.05) is 6.92 Å². The smallest absolute Gasteiger partial charge is 0.243 e. The topological polar surface area (TPSA) is 92.5 Å². The molecule has 0 fully saturated rings. The number of nitrogens with zero attached hydrogens (tertiary/aromatic N) is 1. The molecule has 0 spiro atoms. The number of nitrogens with two attached hydrogens (primary N) is 1. The Morgan fingerprint density at radius 1 is 1.36 bits per heavy atom. The van der Waals surface area contributed by atoms with Gasteiger partial charge in [-0.1, -0.05) is 29.3 Å². The molecule has 0 saturated carbocycles. The number of rotatable bonds is 7. The summed E-state index contributed by atoms with van der Waals surface area (Å²) in [6.07, 6.45) is 0.0160. The highest BCUT2D eigenvalue weighted by Crippen LogP contribution is 2.28. The summed E-state index contributed by atoms with van der Waals surface area (Å²) >= 11 is 11.7. The van der Waals surface area contributed by atoms with Crippen LogP contribution in [0.4, 0.5) is 0 Å². The molecule has 22 heavy (non-hydrogen) atoms. The van der Waals surface area contributed by atoms with Crippen molar-refractivity contribution in [2.45, 2.75) is 24.3 Å². The molecule has 124 valence electrons. The third kappa shape index (κ3) is 4.82. The maximum absolute atomic E-state index is 12.2. The van der Waals surface area contributed by atoms with Gasteiger partial charge in [0.25, 0.3) is 0 Å². The molecule has 0 saturated heterocycles. The molecule has 1 rings (SSSR count). The highest BCUT2D eigenvalue weighted by Gasteiger charge is 2.22. The van der Waals surface area contributed by atoms with Gasteiger partial charge in [0.2, 0.25) is 15.9 Å². The second-order valence-electron chi connectivity index (χ2n) is 4.79. The number of carbonyl (C=O) groups is 1. The van der Waals surface area contributed by atoms with Crippen molar-refractivity contribution >= 4 is 39.1 Å². The maximum atomic E-state index is 12.2. The molecule has 6 nitrogen and oxygen atoms in total. The Hall–Kier alpha value is -0.860. The maximum Gasteiger partial charge on any atom is 0.243 e. The molecule has 1 aromatic carbocycles. The van der Waals surface area contributed by atoms with Gasteiger partial charge in [0.1, 0.15) is 4.90 Å². The summed E-state index contributed by atoms with van der Waals surface area (Å²) in [6, 6.07) is 4.31. The van der Waals surface area contributed by atoms with Crippen LogP contribution in [0, 0.1) is 0 Å². The van der Waals surface area contributed by atoms with Crippen molar-refractivity contribution < 1.29 is 13.2 Å². The first-order valence-electron chi connectivity index (χ1n) is 6.60. The van der Waals surface area contributed by atoms with E-state index in [0.29, 0.717) is 6.54 Å². The number of sulfonamides is 1. The van der Waals surface area contributed by atoms with Crippen LogP contribution >= 0.6 is 23.2 Å². The summed E-state index contributed by atoms with van der Waals surface area (Å²) < 4.78 is 26.7. The lowest BCUT2D eigenvalue weighted by Crippen LogP contribution is -2.41. The largest absolute Gasteiger partial charge is 0.342 e. The monoisotopic (exact) mass is 367 g/mol. The number of hydrogen-bond donors (Lipinski definition) is 2. The SMILES string of the molecule is CC(CN)N(C)C(=O)CCNS(=O)(=O)c1c(Cl)cccc1Cl. The lowest BCUT2D eigenvalue weighted by molar-refractivity contribution is -0.131. The second-order valence-corrected chi connectivity index (χ2v) is 7.31. The first-order valence-corrected chi connectivity index (χ1v) is 8.84. The van der Waals surface area contributed by atoms with Gasteiger partial charge in [-0.2, -0.15) is 0 Å². The molecular weight excluding hydrogens is 349 g/mol. The Morgan fingerprint density at radius 3 is 2.41 bits per heavy atom. The number of amides is 1. The zero-order valence-electron chi connectivity index (χ0n) is 12.3. The Labute approximate surface area is 140 Å². The molecule has 9 heteroatoms. The molecule has 1 amide bonds. The predicted molar refractivity (Wildman–Crippen MR) is 87.6 cm³/mol. The first-order chi connectivity index (χ1) is 10.2. The third-order valence-electron chi connectivity index (χ3n) is 3.21. The Morgan fingerprint density at radius 2 is 1.91 bits per heavy atom. The Kier molecular flexibility index (Phi) is 7.08. The molecule has 3 N–H and O–H groups in total. The van der Waals surface area contributed by atoms with Crippen LogP contribution in [0.2, 0.25) is 10.0 Å². The van der Waals surface area contributed by atoms with Crippen molar-refractivity contribution in [2.75, 3.05) is 20.1 Å². The highest BCUT2D eigenvalue weighted by atomic mass is 35.5. The second kappa shape index (κ2) is 8.12. The van der Waals surface area contributed by atoms with Gasteiger partial charge in [-0.3, -0.25) is 4.79 Å². The van der Waals surface area contributed by atoms with Gasteiger partial charge >= 0.3 is 0 Å². The molecule has 0 aromatic heterocycles. The molecule has 0 aliphatic rings. The van der Waals surface area contributed by atoms with Gasteiger partial charge < -0.3 is 10.6 Å². The Bertz CT molecular complexity index is 617. The fourth-order valence-corrected chi connectivity index (χ4v) is 3.86. The van der Waals surface area contributed by atoms with Gasteiger partial charge in [0.15, 0.2) is 0 Å². The van der Waals surface area contributed by atoms with E-state index in [0.717, 1.165) is 0 Å². The zero-order chi connectivity index (χ0) is 16.9. The van der Waals surface area contributed by atoms with E-state index in [1.165, 1.54) is 17.0 Å². The summed E-state index contributed by atoms with van der Waals surface area (Å²) in [4.78, 5) is 13.2. The molecule has 1 atom stereocenters. The fourth-order valence-electron chi connectivity index (χ4n) is 1.68. The fraction of sp³-hybridized carbons (Fsp3) is 0.462. The minimum absolute atomic E-state index is 0.0160. The number of likely N-dealkylation sites (N-methyl/N-ethyl adjacent to an activating group) is 1. The summed E-state index contributed by atoms with van der Waals surface area (Å²) in [5.41, 5.74) is 5.48. The van der Waals surface area contributed by atoms with E-state index in [1.54, 1.807) is 13.1 Å². The third-order valence-corrected chi connectivity index (χ3v) is 5.63. The van der Waals surface area contributed by atoms with Crippen LogP contribution in [-0.4, -0.2) is 45.4 Å². The zero-order valence-corrected chi connectivity index (χ0v) is 14.7. The number of benzene rings is 1. The average Bonchev–Trinajstić information content (AvgIpc) is 2.44. The number of carbonyl (C=O) groups excluding carboxylic acids is 1. The average molecular weight is 368 g/mol. The van der Waals surface area contributed by atoms with E-state index in [-0.39, 0.29) is 39.9 Å². The molecule has 0 aliphatic carbocycles. The van der Waals surface area contributed by atoms with Gasteiger partial charge in [-0.25, -0.2) is 13.1 Å².